The molecule has 74 valence electrons. The van der Waals surface area contributed by atoms with E-state index in [1.54, 1.807) is 11.8 Å². The number of rotatable bonds is 1. The molecule has 0 amide bonds. The van der Waals surface area contributed by atoms with Crippen LogP contribution in [0.5, 0.6) is 0 Å². The first-order valence-electron chi connectivity index (χ1n) is 4.63. The summed E-state index contributed by atoms with van der Waals surface area (Å²) in [5.74, 6) is 0. The number of nitrogens with zero attached hydrogens (tertiary/aromatic N) is 2. The molecule has 3 heteroatoms. The highest BCUT2D eigenvalue weighted by atomic mass is 32.2. The van der Waals surface area contributed by atoms with E-state index >= 15 is 0 Å². The van der Waals surface area contributed by atoms with Gasteiger partial charge in [0.1, 0.15) is 0 Å². The molecule has 1 heterocycles. The van der Waals surface area contributed by atoms with Crippen LogP contribution in [-0.4, -0.2) is 29.4 Å². The maximum atomic E-state index is 4.62. The topological polar surface area (TPSA) is 15.6 Å². The lowest BCUT2D eigenvalue weighted by atomic mass is 10.2. The average Bonchev–Trinajstić information content (AvgIpc) is 2.36. The van der Waals surface area contributed by atoms with Gasteiger partial charge in [0.2, 0.25) is 0 Å². The second-order valence-corrected chi connectivity index (χ2v) is 4.38. The maximum absolute atomic E-state index is 4.62. The van der Waals surface area contributed by atoms with Crippen LogP contribution in [0.15, 0.2) is 40.6 Å². The van der Waals surface area contributed by atoms with E-state index in [1.165, 1.54) is 11.3 Å². The third-order valence-corrected chi connectivity index (χ3v) is 3.29. The number of hydrogen-bond acceptors (Lipinski definition) is 3. The van der Waals surface area contributed by atoms with Crippen molar-refractivity contribution < 1.29 is 0 Å². The van der Waals surface area contributed by atoms with Gasteiger partial charge in [0.25, 0.3) is 0 Å². The van der Waals surface area contributed by atoms with Crippen LogP contribution in [-0.2, 0) is 0 Å². The Morgan fingerprint density at radius 2 is 2.14 bits per heavy atom. The van der Waals surface area contributed by atoms with Gasteiger partial charge in [0.15, 0.2) is 5.50 Å². The molecule has 0 saturated carbocycles. The highest BCUT2D eigenvalue weighted by Crippen LogP contribution is 2.27. The number of allylic oxidation sites excluding steroid dienone is 5. The summed E-state index contributed by atoms with van der Waals surface area (Å²) in [6.07, 6.45) is 10.6. The van der Waals surface area contributed by atoms with Crippen molar-refractivity contribution in [3.63, 3.8) is 0 Å². The zero-order chi connectivity index (χ0) is 10.1. The van der Waals surface area contributed by atoms with Crippen LogP contribution >= 0.6 is 11.8 Å². The van der Waals surface area contributed by atoms with Gasteiger partial charge in [-0.1, -0.05) is 17.7 Å². The molecule has 1 atom stereocenters. The first-order valence-corrected chi connectivity index (χ1v) is 5.91. The zero-order valence-corrected chi connectivity index (χ0v) is 9.51. The molecule has 0 saturated heterocycles. The van der Waals surface area contributed by atoms with Gasteiger partial charge >= 0.3 is 0 Å². The Labute approximate surface area is 89.1 Å². The van der Waals surface area contributed by atoms with Crippen LogP contribution in [0, 0.1) is 0 Å². The average molecular weight is 206 g/mol. The van der Waals surface area contributed by atoms with Crippen molar-refractivity contribution in [3.8, 4) is 0 Å². The summed E-state index contributed by atoms with van der Waals surface area (Å²) in [5, 5.41) is 0. The van der Waals surface area contributed by atoms with Crippen molar-refractivity contribution in [2.75, 3.05) is 13.3 Å². The van der Waals surface area contributed by atoms with Gasteiger partial charge in [0, 0.05) is 7.05 Å². The summed E-state index contributed by atoms with van der Waals surface area (Å²) in [4.78, 5) is 6.83. The quantitative estimate of drug-likeness (QED) is 0.655. The molecular weight excluding hydrogens is 192 g/mol. The van der Waals surface area contributed by atoms with E-state index < -0.39 is 0 Å². The summed E-state index contributed by atoms with van der Waals surface area (Å²) in [6, 6.07) is 0. The highest BCUT2D eigenvalue weighted by Gasteiger charge is 2.25. The van der Waals surface area contributed by atoms with E-state index in [1.807, 2.05) is 0 Å². The predicted octanol–water partition coefficient (Wildman–Crippen LogP) is 2.42. The van der Waals surface area contributed by atoms with Crippen LogP contribution in [0.25, 0.3) is 0 Å². The van der Waals surface area contributed by atoms with Crippen molar-refractivity contribution in [1.29, 1.82) is 0 Å². The largest absolute Gasteiger partial charge is 0.343 e. The molecule has 2 aliphatic rings. The molecule has 0 aromatic carbocycles. The lowest BCUT2D eigenvalue weighted by molar-refractivity contribution is 0.444. The molecule has 14 heavy (non-hydrogen) atoms. The third-order valence-electron chi connectivity index (χ3n) is 2.44. The lowest BCUT2D eigenvalue weighted by Crippen LogP contribution is -2.21. The minimum atomic E-state index is 0.243. The maximum Gasteiger partial charge on any atom is 0.169 e. The third kappa shape index (κ3) is 1.52. The smallest absolute Gasteiger partial charge is 0.169 e. The van der Waals surface area contributed by atoms with Crippen LogP contribution in [0.4, 0.5) is 0 Å². The number of aliphatic imine (C=N–C) groups is 1. The Morgan fingerprint density at radius 3 is 2.86 bits per heavy atom. The van der Waals surface area contributed by atoms with E-state index in [2.05, 4.69) is 54.4 Å². The number of hydrogen-bond donors (Lipinski definition) is 0. The molecule has 1 aliphatic carbocycles. The van der Waals surface area contributed by atoms with E-state index in [-0.39, 0.29) is 5.50 Å². The fraction of sp³-hybridized carbons (Fsp3) is 0.364. The normalized spacial score (nSPS) is 25.2. The first kappa shape index (κ1) is 9.59. The molecule has 0 spiro atoms. The summed E-state index contributed by atoms with van der Waals surface area (Å²) < 4.78 is 0. The van der Waals surface area contributed by atoms with E-state index in [0.29, 0.717) is 0 Å². The molecule has 0 N–H and O–H groups in total. The Morgan fingerprint density at radius 1 is 1.36 bits per heavy atom. The molecule has 0 aromatic heterocycles. The molecule has 0 bridgehead atoms. The fourth-order valence-electron chi connectivity index (χ4n) is 1.59. The minimum absolute atomic E-state index is 0.243. The SMILES string of the molecule is CSC1N=C2C=CC(C)=CC=C2N1C. The van der Waals surface area contributed by atoms with Crippen molar-refractivity contribution >= 4 is 17.5 Å². The second-order valence-electron chi connectivity index (χ2n) is 3.48. The van der Waals surface area contributed by atoms with Gasteiger partial charge in [-0.05, 0) is 25.3 Å². The van der Waals surface area contributed by atoms with Gasteiger partial charge < -0.3 is 4.90 Å². The molecule has 0 aromatic rings. The summed E-state index contributed by atoms with van der Waals surface area (Å²) in [7, 11) is 2.09. The minimum Gasteiger partial charge on any atom is -0.343 e. The molecule has 1 unspecified atom stereocenters. The summed E-state index contributed by atoms with van der Waals surface area (Å²) in [5.41, 5.74) is 3.83. The molecule has 2 rings (SSSR count). The monoisotopic (exact) mass is 206 g/mol. The van der Waals surface area contributed by atoms with Crippen molar-refractivity contribution in [2.24, 2.45) is 4.99 Å². The van der Waals surface area contributed by atoms with Crippen LogP contribution in [0.2, 0.25) is 0 Å². The van der Waals surface area contributed by atoms with E-state index in [0.717, 1.165) is 5.71 Å². The standard InChI is InChI=1S/C11H14N2S/c1-8-4-6-9-10(7-5-8)13(2)11(12-9)14-3/h4-7,11H,1-3H3. The van der Waals surface area contributed by atoms with Crippen LogP contribution in [0.3, 0.4) is 0 Å². The lowest BCUT2D eigenvalue weighted by Gasteiger charge is -2.19. The Hall–Kier alpha value is -0.960. The number of fused-ring (bicyclic) bond motifs is 1. The Bertz CT molecular complexity index is 363. The molecule has 1 aliphatic heterocycles. The van der Waals surface area contributed by atoms with Crippen LogP contribution in [0.1, 0.15) is 6.92 Å². The van der Waals surface area contributed by atoms with Crippen LogP contribution < -0.4 is 0 Å². The second kappa shape index (κ2) is 3.65. The summed E-state index contributed by atoms with van der Waals surface area (Å²) >= 11 is 1.76. The molecule has 2 nitrogen and oxygen atoms in total. The Balaban J connectivity index is 2.37. The zero-order valence-electron chi connectivity index (χ0n) is 8.69. The van der Waals surface area contributed by atoms with Crippen molar-refractivity contribution in [2.45, 2.75) is 12.4 Å². The van der Waals surface area contributed by atoms with Gasteiger partial charge in [-0.2, -0.15) is 0 Å². The predicted molar refractivity (Wildman–Crippen MR) is 63.5 cm³/mol. The number of thioether (sulfide) groups is 1. The van der Waals surface area contributed by atoms with E-state index in [4.69, 9.17) is 0 Å². The molecule has 0 fully saturated rings. The highest BCUT2D eigenvalue weighted by molar-refractivity contribution is 7.99. The van der Waals surface area contributed by atoms with Gasteiger partial charge in [0.05, 0.1) is 11.4 Å². The van der Waals surface area contributed by atoms with Gasteiger partial charge in [-0.15, -0.1) is 11.8 Å². The van der Waals surface area contributed by atoms with Gasteiger partial charge in [-0.25, -0.2) is 4.99 Å². The van der Waals surface area contributed by atoms with E-state index in [9.17, 15) is 0 Å². The van der Waals surface area contributed by atoms with Gasteiger partial charge in [-0.3, -0.25) is 0 Å². The van der Waals surface area contributed by atoms with Crippen molar-refractivity contribution in [1.82, 2.24) is 4.90 Å². The van der Waals surface area contributed by atoms with Crippen molar-refractivity contribution in [3.05, 3.63) is 35.6 Å². The molecular formula is C11H14N2S. The fourth-order valence-corrected chi connectivity index (χ4v) is 2.24. The molecule has 0 radical (unpaired) electrons. The Kier molecular flexibility index (Phi) is 2.50. The summed E-state index contributed by atoms with van der Waals surface area (Å²) in [6.45, 7) is 2.10. The first-order chi connectivity index (χ1) is 6.72.